The van der Waals surface area contributed by atoms with Gasteiger partial charge in [0.2, 0.25) is 0 Å². The Morgan fingerprint density at radius 2 is 1.98 bits per heavy atom. The summed E-state index contributed by atoms with van der Waals surface area (Å²) in [5.41, 5.74) is 4.22. The molecule has 3 heterocycles. The predicted molar refractivity (Wildman–Crippen MR) is 208 cm³/mol. The molecule has 3 aliphatic heterocycles. The SMILES string of the molecule is C=S1NC(=O)c2ccc3c(c2)N(CC2CCC2C(CN2CCCC(F)CCNCC2)/C=C/CC(C)C1C)CC1(CCc2cc(Cl)ccc21)CO3. The lowest BCUT2D eigenvalue weighted by Gasteiger charge is -2.46. The Kier molecular flexibility index (Phi) is 11.3. The van der Waals surface area contributed by atoms with Crippen LogP contribution in [0.5, 0.6) is 5.75 Å². The van der Waals surface area contributed by atoms with Crippen LogP contribution in [0.3, 0.4) is 0 Å². The first-order valence-corrected chi connectivity index (χ1v) is 20.9. The summed E-state index contributed by atoms with van der Waals surface area (Å²) >= 11 is 6.46. The van der Waals surface area contributed by atoms with Crippen molar-refractivity contribution in [3.05, 3.63) is 70.3 Å². The van der Waals surface area contributed by atoms with E-state index in [1.54, 1.807) is 0 Å². The van der Waals surface area contributed by atoms with Gasteiger partial charge in [-0.3, -0.25) is 4.79 Å². The molecule has 2 fully saturated rings. The summed E-state index contributed by atoms with van der Waals surface area (Å²) in [6, 6.07) is 12.4. The van der Waals surface area contributed by atoms with E-state index in [1.165, 1.54) is 24.0 Å². The third-order valence-electron chi connectivity index (χ3n) is 12.6. The Morgan fingerprint density at radius 1 is 1.10 bits per heavy atom. The zero-order valence-electron chi connectivity index (χ0n) is 30.0. The first-order chi connectivity index (χ1) is 24.2. The van der Waals surface area contributed by atoms with Crippen LogP contribution in [0.1, 0.15) is 80.3 Å². The molecule has 2 aromatic carbocycles. The molecule has 9 heteroatoms. The number of alkyl halides is 1. The maximum absolute atomic E-state index is 14.4. The first-order valence-electron chi connectivity index (χ1n) is 19.1. The van der Waals surface area contributed by atoms with E-state index in [9.17, 15) is 9.18 Å². The predicted octanol–water partition coefficient (Wildman–Crippen LogP) is 7.81. The minimum absolute atomic E-state index is 0.0671. The highest BCUT2D eigenvalue weighted by Crippen LogP contribution is 2.48. The number of benzene rings is 2. The van der Waals surface area contributed by atoms with Gasteiger partial charge in [-0.05, 0) is 130 Å². The molecular formula is C41H56ClFN4O2S. The van der Waals surface area contributed by atoms with E-state index in [0.29, 0.717) is 48.7 Å². The van der Waals surface area contributed by atoms with Gasteiger partial charge in [0.1, 0.15) is 11.9 Å². The molecule has 2 aliphatic carbocycles. The van der Waals surface area contributed by atoms with Gasteiger partial charge in [-0.1, -0.05) is 60.2 Å². The van der Waals surface area contributed by atoms with Crippen LogP contribution in [-0.4, -0.2) is 80.5 Å². The van der Waals surface area contributed by atoms with Gasteiger partial charge in [-0.2, -0.15) is 0 Å². The number of halogens is 2. The van der Waals surface area contributed by atoms with Crippen molar-refractivity contribution in [1.29, 1.82) is 0 Å². The van der Waals surface area contributed by atoms with E-state index in [1.807, 2.05) is 18.2 Å². The van der Waals surface area contributed by atoms with Gasteiger partial charge in [0, 0.05) is 54.0 Å². The summed E-state index contributed by atoms with van der Waals surface area (Å²) in [5, 5.41) is 4.52. The molecule has 1 saturated heterocycles. The van der Waals surface area contributed by atoms with Crippen LogP contribution >= 0.6 is 22.3 Å². The minimum Gasteiger partial charge on any atom is -0.490 e. The smallest absolute Gasteiger partial charge is 0.260 e. The monoisotopic (exact) mass is 722 g/mol. The number of carbonyl (C=O) groups is 1. The van der Waals surface area contributed by atoms with Crippen LogP contribution in [0.2, 0.25) is 5.02 Å². The highest BCUT2D eigenvalue weighted by Gasteiger charge is 2.45. The maximum atomic E-state index is 14.4. The first kappa shape index (κ1) is 36.0. The average molecular weight is 723 g/mol. The molecule has 5 aliphatic rings. The van der Waals surface area contributed by atoms with Gasteiger partial charge < -0.3 is 24.6 Å². The topological polar surface area (TPSA) is 56.8 Å². The van der Waals surface area contributed by atoms with Gasteiger partial charge >= 0.3 is 0 Å². The third kappa shape index (κ3) is 7.84. The van der Waals surface area contributed by atoms with Gasteiger partial charge in [0.05, 0.1) is 12.3 Å². The van der Waals surface area contributed by atoms with E-state index >= 15 is 0 Å². The van der Waals surface area contributed by atoms with E-state index in [2.05, 4.69) is 69.9 Å². The van der Waals surface area contributed by atoms with E-state index in [-0.39, 0.29) is 16.6 Å². The number of aryl methyl sites for hydroxylation is 1. The second kappa shape index (κ2) is 15.7. The van der Waals surface area contributed by atoms with Crippen LogP contribution in [-0.2, 0) is 11.8 Å². The van der Waals surface area contributed by atoms with Crippen molar-refractivity contribution in [3.8, 4) is 5.75 Å². The molecule has 272 valence electrons. The summed E-state index contributed by atoms with van der Waals surface area (Å²) < 4.78 is 24.4. The summed E-state index contributed by atoms with van der Waals surface area (Å²) in [7, 11) is -0.527. The average Bonchev–Trinajstić information content (AvgIpc) is 3.35. The number of nitrogens with one attached hydrogen (secondary N) is 2. The van der Waals surface area contributed by atoms with Gasteiger partial charge in [-0.15, -0.1) is 0 Å². The molecule has 2 bridgehead atoms. The van der Waals surface area contributed by atoms with Crippen molar-refractivity contribution in [2.45, 2.75) is 82.1 Å². The number of fused-ring (bicyclic) bond motifs is 4. The van der Waals surface area contributed by atoms with Crippen LogP contribution in [0.4, 0.5) is 10.1 Å². The van der Waals surface area contributed by atoms with E-state index in [0.717, 1.165) is 88.0 Å². The van der Waals surface area contributed by atoms with E-state index < -0.39 is 16.8 Å². The summed E-state index contributed by atoms with van der Waals surface area (Å²) in [4.78, 5) is 18.9. The van der Waals surface area contributed by atoms with Gasteiger partial charge in [0.15, 0.2) is 0 Å². The molecule has 0 aromatic heterocycles. The number of hydrogen-bond acceptors (Lipinski definition) is 5. The number of allylic oxidation sites excluding steroid dienone is 1. The summed E-state index contributed by atoms with van der Waals surface area (Å²) in [5.74, 6) is 7.12. The molecule has 6 nitrogen and oxygen atoms in total. The molecule has 50 heavy (non-hydrogen) atoms. The molecule has 2 N–H and O–H groups in total. The fourth-order valence-electron chi connectivity index (χ4n) is 9.12. The molecular weight excluding hydrogens is 667 g/mol. The van der Waals surface area contributed by atoms with Crippen LogP contribution in [0, 0.1) is 23.7 Å². The van der Waals surface area contributed by atoms with Crippen molar-refractivity contribution >= 4 is 39.7 Å². The molecule has 8 unspecified atom stereocenters. The second-order valence-corrected chi connectivity index (χ2v) is 18.1. The Bertz CT molecular complexity index is 1590. The van der Waals surface area contributed by atoms with Crippen LogP contribution in [0.15, 0.2) is 48.6 Å². The molecule has 1 spiro atoms. The molecule has 8 atom stereocenters. The van der Waals surface area contributed by atoms with Crippen molar-refractivity contribution in [3.63, 3.8) is 0 Å². The maximum Gasteiger partial charge on any atom is 0.260 e. The Balaban J connectivity index is 1.22. The standard InChI is InChI=1S/C41H56ClFN4O2S/c1-28-6-4-7-32(24-46-20-5-8-35(43)16-18-44-19-21-46)36-12-9-33(36)25-47-26-41(17-15-30-22-34(42)11-13-37(30)41)27-49-39-14-10-31(23-38(39)47)40(48)45-50(3)29(28)2/h4,7,10-11,13-14,22-23,28-29,32-33,35-36,44H,3,5-6,8-9,12,15-21,24-27H2,1-2H3,(H,45,48)/b7-4+. The highest BCUT2D eigenvalue weighted by molar-refractivity contribution is 8.13. The second-order valence-electron chi connectivity index (χ2n) is 15.9. The van der Waals surface area contributed by atoms with Crippen molar-refractivity contribution < 1.29 is 13.9 Å². The summed E-state index contributed by atoms with van der Waals surface area (Å²) in [6.07, 6.45) is 11.8. The largest absolute Gasteiger partial charge is 0.490 e. The number of anilines is 1. The zero-order valence-corrected chi connectivity index (χ0v) is 31.6. The van der Waals surface area contributed by atoms with Gasteiger partial charge in [0.25, 0.3) is 5.91 Å². The van der Waals surface area contributed by atoms with Crippen molar-refractivity contribution in [1.82, 2.24) is 14.9 Å². The summed E-state index contributed by atoms with van der Waals surface area (Å²) in [6.45, 7) is 11.5. The fourth-order valence-corrected chi connectivity index (χ4v) is 10.5. The highest BCUT2D eigenvalue weighted by atomic mass is 35.5. The lowest BCUT2D eigenvalue weighted by atomic mass is 9.66. The Morgan fingerprint density at radius 3 is 2.82 bits per heavy atom. The number of hydrogen-bond donors (Lipinski definition) is 2. The lowest BCUT2D eigenvalue weighted by Crippen LogP contribution is -2.48. The fraction of sp³-hybridized carbons (Fsp3) is 0.610. The number of carbonyl (C=O) groups excluding carboxylic acids is 1. The minimum atomic E-state index is -0.708. The quantitative estimate of drug-likeness (QED) is 0.245. The van der Waals surface area contributed by atoms with E-state index in [4.69, 9.17) is 16.3 Å². The number of amides is 1. The number of nitrogens with zero attached hydrogens (tertiary/aromatic N) is 2. The zero-order chi connectivity index (χ0) is 34.8. The number of rotatable bonds is 2. The normalized spacial score (nSPS) is 34.8. The molecule has 1 saturated carbocycles. The third-order valence-corrected chi connectivity index (χ3v) is 14.7. The molecule has 1 amide bonds. The van der Waals surface area contributed by atoms with Crippen LogP contribution < -0.4 is 19.7 Å². The Labute approximate surface area is 306 Å². The molecule has 7 rings (SSSR count). The van der Waals surface area contributed by atoms with Crippen molar-refractivity contribution in [2.75, 3.05) is 57.3 Å². The lowest BCUT2D eigenvalue weighted by molar-refractivity contribution is 0.0977. The van der Waals surface area contributed by atoms with Crippen LogP contribution in [0.25, 0.3) is 0 Å². The van der Waals surface area contributed by atoms with Gasteiger partial charge in [-0.25, -0.2) is 4.39 Å². The Hall–Kier alpha value is -2.39. The number of ether oxygens (including phenoxy) is 1. The van der Waals surface area contributed by atoms with Crippen molar-refractivity contribution in [2.24, 2.45) is 23.7 Å². The molecule has 2 aromatic rings. The molecule has 0 radical (unpaired) electrons.